The molecule has 15 heavy (non-hydrogen) atoms. The molecule has 0 aliphatic carbocycles. The first-order chi connectivity index (χ1) is 7.26. The van der Waals surface area contributed by atoms with E-state index in [2.05, 4.69) is 22.4 Å². The first-order valence-electron chi connectivity index (χ1n) is 5.36. The van der Waals surface area contributed by atoms with Crippen LogP contribution in [-0.2, 0) is 0 Å². The summed E-state index contributed by atoms with van der Waals surface area (Å²) in [6.45, 7) is 4.01. The third kappa shape index (κ3) is 4.66. The lowest BCUT2D eigenvalue weighted by atomic mass is 10.1. The highest BCUT2D eigenvalue weighted by molar-refractivity contribution is 7.99. The molecule has 0 saturated carbocycles. The number of hydrogen-bond donors (Lipinski definition) is 1. The van der Waals surface area contributed by atoms with Gasteiger partial charge in [0.15, 0.2) is 0 Å². The molecule has 4 nitrogen and oxygen atoms in total. The summed E-state index contributed by atoms with van der Waals surface area (Å²) in [7, 11) is 2.02. The Labute approximate surface area is 95.2 Å². The summed E-state index contributed by atoms with van der Waals surface area (Å²) in [5.41, 5.74) is 0. The van der Waals surface area contributed by atoms with E-state index in [1.807, 2.05) is 14.0 Å². The van der Waals surface area contributed by atoms with Gasteiger partial charge in [0.25, 0.3) is 5.22 Å². The minimum Gasteiger partial charge on any atom is -0.416 e. The van der Waals surface area contributed by atoms with E-state index in [4.69, 9.17) is 4.42 Å². The van der Waals surface area contributed by atoms with Crippen molar-refractivity contribution in [2.75, 3.05) is 12.8 Å². The molecule has 0 amide bonds. The zero-order chi connectivity index (χ0) is 11.1. The maximum atomic E-state index is 5.27. The Bertz CT molecular complexity index is 273. The van der Waals surface area contributed by atoms with Crippen LogP contribution in [0.5, 0.6) is 0 Å². The Balaban J connectivity index is 2.11. The Morgan fingerprint density at radius 3 is 2.80 bits per heavy atom. The smallest absolute Gasteiger partial charge is 0.276 e. The van der Waals surface area contributed by atoms with E-state index in [-0.39, 0.29) is 0 Å². The molecule has 1 aromatic rings. The summed E-state index contributed by atoms with van der Waals surface area (Å²) in [5, 5.41) is 11.7. The van der Waals surface area contributed by atoms with Gasteiger partial charge in [-0.15, -0.1) is 10.2 Å². The van der Waals surface area contributed by atoms with Crippen LogP contribution in [0.15, 0.2) is 9.64 Å². The van der Waals surface area contributed by atoms with E-state index in [1.165, 1.54) is 19.3 Å². The third-order valence-electron chi connectivity index (χ3n) is 2.33. The number of aryl methyl sites for hydroxylation is 1. The molecule has 0 aliphatic heterocycles. The van der Waals surface area contributed by atoms with E-state index < -0.39 is 0 Å². The standard InChI is InChI=1S/C10H19N3OS/c1-4-9(11-3)6-5-7-15-10-13-12-8(2)14-10/h9,11H,4-7H2,1-3H3. The van der Waals surface area contributed by atoms with E-state index in [0.29, 0.717) is 17.2 Å². The molecule has 0 fully saturated rings. The van der Waals surface area contributed by atoms with Gasteiger partial charge in [0.1, 0.15) is 0 Å². The van der Waals surface area contributed by atoms with Crippen LogP contribution in [0, 0.1) is 6.92 Å². The lowest BCUT2D eigenvalue weighted by molar-refractivity contribution is 0.429. The number of nitrogens with zero attached hydrogens (tertiary/aromatic N) is 2. The quantitative estimate of drug-likeness (QED) is 0.574. The van der Waals surface area contributed by atoms with Crippen molar-refractivity contribution in [2.45, 2.75) is 44.4 Å². The summed E-state index contributed by atoms with van der Waals surface area (Å²) in [6.07, 6.45) is 3.55. The molecule has 0 aliphatic rings. The monoisotopic (exact) mass is 229 g/mol. The van der Waals surface area contributed by atoms with Crippen LogP contribution in [0.4, 0.5) is 0 Å². The SMILES string of the molecule is CCC(CCCSc1nnc(C)o1)NC. The molecule has 1 rings (SSSR count). The second-order valence-corrected chi connectivity index (χ2v) is 4.52. The molecule has 0 radical (unpaired) electrons. The van der Waals surface area contributed by atoms with Gasteiger partial charge < -0.3 is 9.73 Å². The molecule has 86 valence electrons. The van der Waals surface area contributed by atoms with E-state index in [9.17, 15) is 0 Å². The van der Waals surface area contributed by atoms with Crippen LogP contribution in [-0.4, -0.2) is 29.0 Å². The van der Waals surface area contributed by atoms with Crippen molar-refractivity contribution < 1.29 is 4.42 Å². The van der Waals surface area contributed by atoms with Crippen molar-refractivity contribution in [1.82, 2.24) is 15.5 Å². The topological polar surface area (TPSA) is 51.0 Å². The van der Waals surface area contributed by atoms with Gasteiger partial charge in [-0.25, -0.2) is 0 Å². The Morgan fingerprint density at radius 1 is 1.47 bits per heavy atom. The average molecular weight is 229 g/mol. The highest BCUT2D eigenvalue weighted by atomic mass is 32.2. The fraction of sp³-hybridized carbons (Fsp3) is 0.800. The molecule has 0 bridgehead atoms. The number of rotatable bonds is 7. The van der Waals surface area contributed by atoms with Gasteiger partial charge in [0, 0.05) is 18.7 Å². The number of hydrogen-bond acceptors (Lipinski definition) is 5. The van der Waals surface area contributed by atoms with Crippen molar-refractivity contribution >= 4 is 11.8 Å². The van der Waals surface area contributed by atoms with E-state index in [1.54, 1.807) is 11.8 Å². The Hall–Kier alpha value is -0.550. The van der Waals surface area contributed by atoms with Crippen LogP contribution in [0.3, 0.4) is 0 Å². The maximum Gasteiger partial charge on any atom is 0.276 e. The largest absolute Gasteiger partial charge is 0.416 e. The van der Waals surface area contributed by atoms with Crippen LogP contribution < -0.4 is 5.32 Å². The molecule has 0 spiro atoms. The zero-order valence-corrected chi connectivity index (χ0v) is 10.4. The lowest BCUT2D eigenvalue weighted by Gasteiger charge is -2.12. The second kappa shape index (κ2) is 6.85. The first-order valence-corrected chi connectivity index (χ1v) is 6.35. The Morgan fingerprint density at radius 2 is 2.27 bits per heavy atom. The predicted octanol–water partition coefficient (Wildman–Crippen LogP) is 2.25. The van der Waals surface area contributed by atoms with Crippen molar-refractivity contribution in [3.63, 3.8) is 0 Å². The predicted molar refractivity (Wildman–Crippen MR) is 62.1 cm³/mol. The number of nitrogens with one attached hydrogen (secondary N) is 1. The van der Waals surface area contributed by atoms with Gasteiger partial charge in [-0.1, -0.05) is 18.7 Å². The lowest BCUT2D eigenvalue weighted by Crippen LogP contribution is -2.23. The maximum absolute atomic E-state index is 5.27. The summed E-state index contributed by atoms with van der Waals surface area (Å²) >= 11 is 1.64. The van der Waals surface area contributed by atoms with Gasteiger partial charge in [-0.3, -0.25) is 0 Å². The molecule has 1 N–H and O–H groups in total. The summed E-state index contributed by atoms with van der Waals surface area (Å²) in [6, 6.07) is 0.634. The van der Waals surface area contributed by atoms with Crippen LogP contribution in [0.1, 0.15) is 32.1 Å². The summed E-state index contributed by atoms with van der Waals surface area (Å²) in [5.74, 6) is 1.68. The number of thioether (sulfide) groups is 1. The van der Waals surface area contributed by atoms with Gasteiger partial charge >= 0.3 is 0 Å². The fourth-order valence-electron chi connectivity index (χ4n) is 1.38. The molecule has 1 heterocycles. The third-order valence-corrected chi connectivity index (χ3v) is 3.24. The molecule has 5 heteroatoms. The summed E-state index contributed by atoms with van der Waals surface area (Å²) in [4.78, 5) is 0. The second-order valence-electron chi connectivity index (χ2n) is 3.47. The van der Waals surface area contributed by atoms with Gasteiger partial charge in [-0.2, -0.15) is 0 Å². The first kappa shape index (κ1) is 12.5. The van der Waals surface area contributed by atoms with Gasteiger partial charge in [0.2, 0.25) is 5.89 Å². The molecular weight excluding hydrogens is 210 g/mol. The average Bonchev–Trinajstić information content (AvgIpc) is 2.65. The zero-order valence-electron chi connectivity index (χ0n) is 9.62. The normalized spacial score (nSPS) is 13.0. The highest BCUT2D eigenvalue weighted by Gasteiger charge is 2.05. The molecule has 0 aromatic carbocycles. The fourth-order valence-corrected chi connectivity index (χ4v) is 2.14. The van der Waals surface area contributed by atoms with Crippen LogP contribution >= 0.6 is 11.8 Å². The molecule has 1 aromatic heterocycles. The van der Waals surface area contributed by atoms with Crippen LogP contribution in [0.2, 0.25) is 0 Å². The van der Waals surface area contributed by atoms with Gasteiger partial charge in [-0.05, 0) is 26.3 Å². The minimum atomic E-state index is 0.634. The minimum absolute atomic E-state index is 0.634. The van der Waals surface area contributed by atoms with E-state index >= 15 is 0 Å². The van der Waals surface area contributed by atoms with E-state index in [0.717, 1.165) is 5.75 Å². The highest BCUT2D eigenvalue weighted by Crippen LogP contribution is 2.17. The Kier molecular flexibility index (Phi) is 5.71. The number of aromatic nitrogens is 2. The molecule has 1 unspecified atom stereocenters. The van der Waals surface area contributed by atoms with Crippen molar-refractivity contribution in [3.05, 3.63) is 5.89 Å². The van der Waals surface area contributed by atoms with Gasteiger partial charge in [0.05, 0.1) is 0 Å². The van der Waals surface area contributed by atoms with Crippen molar-refractivity contribution in [1.29, 1.82) is 0 Å². The summed E-state index contributed by atoms with van der Waals surface area (Å²) < 4.78 is 5.27. The molecule has 0 saturated heterocycles. The van der Waals surface area contributed by atoms with Crippen LogP contribution in [0.25, 0.3) is 0 Å². The molecule has 1 atom stereocenters. The van der Waals surface area contributed by atoms with Crippen molar-refractivity contribution in [3.8, 4) is 0 Å². The van der Waals surface area contributed by atoms with Crippen molar-refractivity contribution in [2.24, 2.45) is 0 Å². The molecular formula is C10H19N3OS.